The molecular formula is C12H18FNO. The Hall–Kier alpha value is -0.930. The van der Waals surface area contributed by atoms with Crippen LogP contribution in [0.25, 0.3) is 0 Å². The maximum Gasteiger partial charge on any atom is 0.123 e. The number of halogens is 1. The lowest BCUT2D eigenvalue weighted by Gasteiger charge is -2.18. The van der Waals surface area contributed by atoms with E-state index in [2.05, 4.69) is 12.2 Å². The van der Waals surface area contributed by atoms with Gasteiger partial charge in [-0.2, -0.15) is 0 Å². The van der Waals surface area contributed by atoms with Crippen molar-refractivity contribution >= 4 is 0 Å². The molecule has 0 saturated carbocycles. The molecule has 0 aliphatic rings. The molecule has 84 valence electrons. The van der Waals surface area contributed by atoms with Gasteiger partial charge >= 0.3 is 0 Å². The van der Waals surface area contributed by atoms with Crippen LogP contribution in [0.5, 0.6) is 0 Å². The molecule has 0 spiro atoms. The van der Waals surface area contributed by atoms with E-state index in [9.17, 15) is 4.39 Å². The van der Waals surface area contributed by atoms with Gasteiger partial charge in [-0.3, -0.25) is 0 Å². The first-order chi connectivity index (χ1) is 7.11. The summed E-state index contributed by atoms with van der Waals surface area (Å²) < 4.78 is 12.6. The number of hydrogen-bond acceptors (Lipinski definition) is 2. The predicted molar refractivity (Wildman–Crippen MR) is 59.2 cm³/mol. The zero-order valence-electron chi connectivity index (χ0n) is 9.20. The molecule has 0 saturated heterocycles. The molecule has 0 radical (unpaired) electrons. The van der Waals surface area contributed by atoms with E-state index in [0.717, 1.165) is 12.0 Å². The summed E-state index contributed by atoms with van der Waals surface area (Å²) in [5.74, 6) is -0.205. The fourth-order valence-corrected chi connectivity index (χ4v) is 1.57. The van der Waals surface area contributed by atoms with Gasteiger partial charge in [0, 0.05) is 12.1 Å². The second-order valence-electron chi connectivity index (χ2n) is 3.98. The fourth-order valence-electron chi connectivity index (χ4n) is 1.57. The average molecular weight is 211 g/mol. The standard InChI is InChI=1S/C12H18FNO/c1-9(14-10(2)8-15)7-11-3-5-12(13)6-4-11/h3-6,9-10,14-15H,7-8H2,1-2H3. The second-order valence-corrected chi connectivity index (χ2v) is 3.98. The van der Waals surface area contributed by atoms with Crippen molar-refractivity contribution in [3.8, 4) is 0 Å². The topological polar surface area (TPSA) is 32.3 Å². The largest absolute Gasteiger partial charge is 0.395 e. The van der Waals surface area contributed by atoms with Gasteiger partial charge in [0.2, 0.25) is 0 Å². The minimum absolute atomic E-state index is 0.0976. The van der Waals surface area contributed by atoms with Gasteiger partial charge < -0.3 is 10.4 Å². The van der Waals surface area contributed by atoms with Gasteiger partial charge in [0.05, 0.1) is 6.61 Å². The summed E-state index contributed by atoms with van der Waals surface area (Å²) in [7, 11) is 0. The number of hydrogen-bond donors (Lipinski definition) is 2. The van der Waals surface area contributed by atoms with Crippen LogP contribution >= 0.6 is 0 Å². The average Bonchev–Trinajstić information content (AvgIpc) is 2.21. The SMILES string of the molecule is CC(CO)NC(C)Cc1ccc(F)cc1. The molecule has 15 heavy (non-hydrogen) atoms. The first-order valence-corrected chi connectivity index (χ1v) is 5.23. The number of aliphatic hydroxyl groups excluding tert-OH is 1. The van der Waals surface area contributed by atoms with Gasteiger partial charge in [0.25, 0.3) is 0 Å². The third-order valence-corrected chi connectivity index (χ3v) is 2.30. The number of nitrogens with one attached hydrogen (secondary N) is 1. The molecule has 1 rings (SSSR count). The number of benzene rings is 1. The van der Waals surface area contributed by atoms with E-state index in [1.165, 1.54) is 12.1 Å². The first kappa shape index (κ1) is 12.1. The van der Waals surface area contributed by atoms with Crippen LogP contribution in [0.3, 0.4) is 0 Å². The minimum atomic E-state index is -0.205. The van der Waals surface area contributed by atoms with Crippen molar-refractivity contribution in [2.45, 2.75) is 32.4 Å². The number of rotatable bonds is 5. The van der Waals surface area contributed by atoms with Gasteiger partial charge in [-0.05, 0) is 38.0 Å². The predicted octanol–water partition coefficient (Wildman–Crippen LogP) is 1.73. The molecule has 1 aromatic carbocycles. The van der Waals surface area contributed by atoms with Gasteiger partial charge in [-0.1, -0.05) is 12.1 Å². The Bertz CT molecular complexity index is 286. The third-order valence-electron chi connectivity index (χ3n) is 2.30. The zero-order chi connectivity index (χ0) is 11.3. The highest BCUT2D eigenvalue weighted by atomic mass is 19.1. The monoisotopic (exact) mass is 211 g/mol. The molecule has 0 aliphatic carbocycles. The van der Waals surface area contributed by atoms with Crippen LogP contribution in [0, 0.1) is 5.82 Å². The zero-order valence-corrected chi connectivity index (χ0v) is 9.20. The van der Waals surface area contributed by atoms with Crippen molar-refractivity contribution in [2.24, 2.45) is 0 Å². The molecule has 0 aliphatic heterocycles. The van der Waals surface area contributed by atoms with Crippen LogP contribution in [0.2, 0.25) is 0 Å². The Morgan fingerprint density at radius 1 is 1.20 bits per heavy atom. The summed E-state index contributed by atoms with van der Waals surface area (Å²) in [6.07, 6.45) is 0.838. The molecule has 0 fully saturated rings. The van der Waals surface area contributed by atoms with Gasteiger partial charge in [0.15, 0.2) is 0 Å². The Morgan fingerprint density at radius 3 is 2.33 bits per heavy atom. The Morgan fingerprint density at radius 2 is 1.80 bits per heavy atom. The highest BCUT2D eigenvalue weighted by Gasteiger charge is 2.06. The molecular weight excluding hydrogens is 193 g/mol. The van der Waals surface area contributed by atoms with E-state index in [1.807, 2.05) is 6.92 Å². The van der Waals surface area contributed by atoms with Crippen LogP contribution in [-0.4, -0.2) is 23.8 Å². The van der Waals surface area contributed by atoms with E-state index < -0.39 is 0 Å². The van der Waals surface area contributed by atoms with E-state index in [4.69, 9.17) is 5.11 Å². The molecule has 2 nitrogen and oxygen atoms in total. The summed E-state index contributed by atoms with van der Waals surface area (Å²) in [5.41, 5.74) is 1.10. The van der Waals surface area contributed by atoms with Crippen molar-refractivity contribution in [1.29, 1.82) is 0 Å². The lowest BCUT2D eigenvalue weighted by atomic mass is 10.1. The Kier molecular flexibility index (Phi) is 4.72. The highest BCUT2D eigenvalue weighted by molar-refractivity contribution is 5.17. The van der Waals surface area contributed by atoms with Crippen molar-refractivity contribution in [3.63, 3.8) is 0 Å². The summed E-state index contributed by atoms with van der Waals surface area (Å²) >= 11 is 0. The normalized spacial score (nSPS) is 14.9. The van der Waals surface area contributed by atoms with Crippen LogP contribution in [0.1, 0.15) is 19.4 Å². The van der Waals surface area contributed by atoms with Gasteiger partial charge in [-0.15, -0.1) is 0 Å². The van der Waals surface area contributed by atoms with Crippen LogP contribution in [0.4, 0.5) is 4.39 Å². The number of aliphatic hydroxyl groups is 1. The quantitative estimate of drug-likeness (QED) is 0.777. The fraction of sp³-hybridized carbons (Fsp3) is 0.500. The summed E-state index contributed by atoms with van der Waals surface area (Å²) in [6, 6.07) is 6.89. The molecule has 2 N–H and O–H groups in total. The van der Waals surface area contributed by atoms with Crippen LogP contribution in [0.15, 0.2) is 24.3 Å². The molecule has 0 amide bonds. The molecule has 2 unspecified atom stereocenters. The lowest BCUT2D eigenvalue weighted by Crippen LogP contribution is -2.37. The van der Waals surface area contributed by atoms with Crippen molar-refractivity contribution in [3.05, 3.63) is 35.6 Å². The van der Waals surface area contributed by atoms with E-state index in [1.54, 1.807) is 12.1 Å². The second kappa shape index (κ2) is 5.83. The van der Waals surface area contributed by atoms with E-state index in [0.29, 0.717) is 0 Å². The van der Waals surface area contributed by atoms with Crippen molar-refractivity contribution in [2.75, 3.05) is 6.61 Å². The molecule has 0 bridgehead atoms. The van der Waals surface area contributed by atoms with Crippen LogP contribution < -0.4 is 5.32 Å². The van der Waals surface area contributed by atoms with Crippen molar-refractivity contribution in [1.82, 2.24) is 5.32 Å². The van der Waals surface area contributed by atoms with Crippen molar-refractivity contribution < 1.29 is 9.50 Å². The smallest absolute Gasteiger partial charge is 0.123 e. The van der Waals surface area contributed by atoms with Crippen LogP contribution in [-0.2, 0) is 6.42 Å². The van der Waals surface area contributed by atoms with Gasteiger partial charge in [-0.25, -0.2) is 4.39 Å². The summed E-state index contributed by atoms with van der Waals surface area (Å²) in [6.45, 7) is 4.12. The molecule has 3 heteroatoms. The van der Waals surface area contributed by atoms with E-state index in [-0.39, 0.29) is 24.5 Å². The maximum atomic E-state index is 12.6. The Labute approximate surface area is 90.1 Å². The molecule has 1 aromatic rings. The maximum absolute atomic E-state index is 12.6. The summed E-state index contributed by atoms with van der Waals surface area (Å²) in [5, 5.41) is 12.1. The first-order valence-electron chi connectivity index (χ1n) is 5.23. The summed E-state index contributed by atoms with van der Waals surface area (Å²) in [4.78, 5) is 0. The van der Waals surface area contributed by atoms with E-state index >= 15 is 0 Å². The molecule has 2 atom stereocenters. The molecule has 0 heterocycles. The van der Waals surface area contributed by atoms with Gasteiger partial charge in [0.1, 0.15) is 5.82 Å². The third kappa shape index (κ3) is 4.40. The highest BCUT2D eigenvalue weighted by Crippen LogP contribution is 2.05. The molecule has 0 aromatic heterocycles. The Balaban J connectivity index is 2.44. The minimum Gasteiger partial charge on any atom is -0.395 e. The lowest BCUT2D eigenvalue weighted by molar-refractivity contribution is 0.242.